The van der Waals surface area contributed by atoms with Crippen molar-refractivity contribution >= 4 is 23.7 Å². The third kappa shape index (κ3) is 11.8. The minimum absolute atomic E-state index is 0.0294. The van der Waals surface area contributed by atoms with Crippen molar-refractivity contribution < 1.29 is 43.5 Å². The quantitative estimate of drug-likeness (QED) is 0.0751. The van der Waals surface area contributed by atoms with Crippen molar-refractivity contribution in [3.8, 4) is 17.2 Å². The van der Waals surface area contributed by atoms with Gasteiger partial charge in [0, 0.05) is 12.1 Å². The Labute approximate surface area is 249 Å². The van der Waals surface area contributed by atoms with E-state index in [9.17, 15) is 19.8 Å². The van der Waals surface area contributed by atoms with Crippen LogP contribution in [0.4, 0.5) is 0 Å². The Hall–Kier alpha value is -4.40. The topological polar surface area (TPSA) is 177 Å². The molecule has 230 valence electrons. The number of hydrogen-bond donors (Lipinski definition) is 3. The summed E-state index contributed by atoms with van der Waals surface area (Å²) in [4.78, 5) is 24.5. The highest BCUT2D eigenvalue weighted by atomic mass is 16.7. The van der Waals surface area contributed by atoms with E-state index in [2.05, 4.69) is 10.3 Å². The molecule has 4 N–H and O–H groups in total. The molecular weight excluding hydrogens is 560 g/mol. The zero-order valence-electron chi connectivity index (χ0n) is 23.9. The molecule has 0 saturated carbocycles. The van der Waals surface area contributed by atoms with Gasteiger partial charge in [-0.25, -0.2) is 4.68 Å². The Balaban J connectivity index is 1.44. The number of aromatic hydroxyl groups is 1. The number of nitrogens with zero attached hydrogens (tertiary/aromatic N) is 3. The van der Waals surface area contributed by atoms with Crippen LogP contribution in [0.1, 0.15) is 28.8 Å². The molecule has 0 unspecified atom stereocenters. The van der Waals surface area contributed by atoms with Crippen LogP contribution in [0.3, 0.4) is 0 Å². The number of carbonyl (C=O) groups excluding carboxylic acids is 2. The maximum absolute atomic E-state index is 12.3. The number of aliphatic hydroxyl groups excluding tert-OH is 1. The monoisotopic (exact) mass is 596 g/mol. The number of nitrogens with two attached hydrogens (primary N) is 1. The lowest BCUT2D eigenvalue weighted by Crippen LogP contribution is -2.13. The molecule has 0 fully saturated rings. The fraction of sp³-hybridized carbons (Fsp3) is 0.333. The van der Waals surface area contributed by atoms with E-state index >= 15 is 0 Å². The molecule has 43 heavy (non-hydrogen) atoms. The zero-order chi connectivity index (χ0) is 30.9. The van der Waals surface area contributed by atoms with Gasteiger partial charge in [-0.2, -0.15) is 0 Å². The summed E-state index contributed by atoms with van der Waals surface area (Å²) in [5.74, 6) is 0.168. The van der Waals surface area contributed by atoms with Crippen molar-refractivity contribution in [1.82, 2.24) is 15.0 Å². The minimum Gasteiger partial charge on any atom is -0.508 e. The minimum atomic E-state index is -0.378. The summed E-state index contributed by atoms with van der Waals surface area (Å²) in [7, 11) is 1.51. The molecule has 1 aromatic heterocycles. The highest BCUT2D eigenvalue weighted by molar-refractivity contribution is 6.10. The third-order valence-electron chi connectivity index (χ3n) is 5.76. The second-order valence-electron chi connectivity index (χ2n) is 9.04. The highest BCUT2D eigenvalue weighted by Crippen LogP contribution is 2.29. The van der Waals surface area contributed by atoms with E-state index in [4.69, 9.17) is 29.4 Å². The van der Waals surface area contributed by atoms with Crippen molar-refractivity contribution in [3.63, 3.8) is 0 Å². The lowest BCUT2D eigenvalue weighted by Gasteiger charge is -2.10. The molecular formula is C30H36N4O9. The predicted molar refractivity (Wildman–Crippen MR) is 156 cm³/mol. The van der Waals surface area contributed by atoms with Crippen molar-refractivity contribution in [2.75, 3.05) is 40.5 Å². The summed E-state index contributed by atoms with van der Waals surface area (Å²) >= 11 is 0. The maximum atomic E-state index is 12.3. The normalized spacial score (nSPS) is 11.4. The van der Waals surface area contributed by atoms with Crippen LogP contribution < -0.4 is 15.2 Å². The number of hydrogen-bond acceptors (Lipinski definition) is 12. The van der Waals surface area contributed by atoms with Crippen LogP contribution in [-0.4, -0.2) is 77.2 Å². The summed E-state index contributed by atoms with van der Waals surface area (Å²) in [5, 5.41) is 27.0. The highest BCUT2D eigenvalue weighted by Gasteiger charge is 2.09. The lowest BCUT2D eigenvalue weighted by molar-refractivity contribution is -0.130. The number of ether oxygens (including phenoxy) is 5. The second-order valence-corrected chi connectivity index (χ2v) is 9.04. The molecule has 0 aliphatic rings. The molecule has 1 heterocycles. The van der Waals surface area contributed by atoms with Crippen LogP contribution >= 0.6 is 0 Å². The van der Waals surface area contributed by atoms with E-state index in [0.717, 1.165) is 0 Å². The first-order valence-electron chi connectivity index (χ1n) is 13.4. The molecule has 0 radical (unpaired) electrons. The van der Waals surface area contributed by atoms with Gasteiger partial charge in [-0.3, -0.25) is 9.59 Å². The number of carbonyl (C=O) groups is 2. The van der Waals surface area contributed by atoms with Gasteiger partial charge in [0.2, 0.25) is 0 Å². The van der Waals surface area contributed by atoms with Crippen molar-refractivity contribution in [3.05, 3.63) is 77.1 Å². The summed E-state index contributed by atoms with van der Waals surface area (Å²) in [6.07, 6.45) is 7.17. The number of aliphatic hydroxyl groups is 1. The zero-order valence-corrected chi connectivity index (χ0v) is 23.9. The van der Waals surface area contributed by atoms with Crippen LogP contribution in [0.15, 0.2) is 54.7 Å². The van der Waals surface area contributed by atoms with Crippen LogP contribution in [0.25, 0.3) is 12.2 Å². The summed E-state index contributed by atoms with van der Waals surface area (Å²) in [6, 6.07) is 9.77. The number of phenols is 1. The lowest BCUT2D eigenvalue weighted by atomic mass is 10.1. The molecule has 0 aliphatic carbocycles. The number of allylic oxidation sites excluding steroid dienone is 2. The fourth-order valence-corrected chi connectivity index (χ4v) is 3.59. The van der Waals surface area contributed by atoms with Crippen LogP contribution in [-0.2, 0) is 43.6 Å². The van der Waals surface area contributed by atoms with E-state index in [1.54, 1.807) is 47.3 Å². The Bertz CT molecular complexity index is 1390. The van der Waals surface area contributed by atoms with E-state index in [1.165, 1.54) is 31.4 Å². The van der Waals surface area contributed by atoms with Gasteiger partial charge < -0.3 is 39.6 Å². The van der Waals surface area contributed by atoms with E-state index < -0.39 is 0 Å². The molecule has 2 aromatic carbocycles. The first-order valence-corrected chi connectivity index (χ1v) is 13.4. The molecule has 0 saturated heterocycles. The molecule has 13 nitrogen and oxygen atoms in total. The van der Waals surface area contributed by atoms with Gasteiger partial charge in [0.05, 0.1) is 46.1 Å². The molecule has 0 spiro atoms. The number of ketones is 2. The first-order chi connectivity index (χ1) is 20.9. The standard InChI is InChI=1S/C30H36N4O9/c1-39-30-15-23(3-7-27(37)16-26(36)6-2-22-4-8-28(38)24(14-22)18-35)5-9-29(30)43-19-25-17-34(33-32-25)11-13-41-21-42-20-40-12-10-31/h2-9,14-15,17,35,38H,10-13,16,18-21,31H2,1H3/b6-2+,7-3+. The largest absolute Gasteiger partial charge is 0.508 e. The Morgan fingerprint density at radius 1 is 0.953 bits per heavy atom. The summed E-state index contributed by atoms with van der Waals surface area (Å²) < 4.78 is 28.5. The SMILES string of the molecule is COc1cc(/C=C/C(=O)CC(=O)/C=C/c2ccc(O)c(CO)c2)ccc1OCc1cn(CCOCOCOCCN)nn1. The molecule has 3 rings (SSSR count). The molecule has 13 heteroatoms. The van der Waals surface area contributed by atoms with Gasteiger partial charge in [-0.05, 0) is 47.5 Å². The van der Waals surface area contributed by atoms with Gasteiger partial charge in [-0.15, -0.1) is 5.10 Å². The van der Waals surface area contributed by atoms with Gasteiger partial charge >= 0.3 is 0 Å². The predicted octanol–water partition coefficient (Wildman–Crippen LogP) is 2.24. The Morgan fingerprint density at radius 2 is 1.65 bits per heavy atom. The van der Waals surface area contributed by atoms with Crippen LogP contribution in [0, 0.1) is 0 Å². The van der Waals surface area contributed by atoms with E-state index in [1.807, 2.05) is 0 Å². The molecule has 3 aromatic rings. The van der Waals surface area contributed by atoms with E-state index in [-0.39, 0.29) is 50.5 Å². The number of benzene rings is 2. The smallest absolute Gasteiger partial charge is 0.163 e. The molecule has 0 bridgehead atoms. The number of methoxy groups -OCH3 is 1. The van der Waals surface area contributed by atoms with Gasteiger partial charge in [0.15, 0.2) is 23.1 Å². The second kappa shape index (κ2) is 18.2. The summed E-state index contributed by atoms with van der Waals surface area (Å²) in [6.45, 7) is 1.78. The maximum Gasteiger partial charge on any atom is 0.163 e. The average Bonchev–Trinajstić information content (AvgIpc) is 3.47. The fourth-order valence-electron chi connectivity index (χ4n) is 3.59. The average molecular weight is 597 g/mol. The van der Waals surface area contributed by atoms with Crippen LogP contribution in [0.2, 0.25) is 0 Å². The molecule has 0 amide bonds. The van der Waals surface area contributed by atoms with Gasteiger partial charge in [-0.1, -0.05) is 29.5 Å². The third-order valence-corrected chi connectivity index (χ3v) is 5.76. The van der Waals surface area contributed by atoms with Crippen molar-refractivity contribution in [2.24, 2.45) is 5.73 Å². The first kappa shape index (κ1) is 33.1. The van der Waals surface area contributed by atoms with Crippen LogP contribution in [0.5, 0.6) is 17.2 Å². The Kier molecular flexibility index (Phi) is 14.0. The van der Waals surface area contributed by atoms with Gasteiger partial charge in [0.1, 0.15) is 31.6 Å². The molecule has 0 atom stereocenters. The summed E-state index contributed by atoms with van der Waals surface area (Å²) in [5.41, 5.74) is 7.58. The number of aromatic nitrogens is 3. The van der Waals surface area contributed by atoms with E-state index in [0.29, 0.717) is 60.2 Å². The van der Waals surface area contributed by atoms with Crippen molar-refractivity contribution in [2.45, 2.75) is 26.2 Å². The Morgan fingerprint density at radius 3 is 2.35 bits per heavy atom. The van der Waals surface area contributed by atoms with Gasteiger partial charge in [0.25, 0.3) is 0 Å². The molecule has 0 aliphatic heterocycles. The van der Waals surface area contributed by atoms with Crippen molar-refractivity contribution in [1.29, 1.82) is 0 Å². The number of rotatable bonds is 20.